The van der Waals surface area contributed by atoms with Crippen molar-refractivity contribution in [2.75, 3.05) is 33.4 Å². The smallest absolute Gasteiger partial charge is 0.124 e. The number of phenols is 1. The second-order valence-corrected chi connectivity index (χ2v) is 6.25. The predicted molar refractivity (Wildman–Crippen MR) is 97.6 cm³/mol. The lowest BCUT2D eigenvalue weighted by atomic mass is 10.1. The number of aromatic hydroxyl groups is 1. The molecule has 132 valence electrons. The summed E-state index contributed by atoms with van der Waals surface area (Å²) in [5.41, 5.74) is 3.15. The number of quaternary nitrogens is 1. The minimum atomic E-state index is 0.202. The van der Waals surface area contributed by atoms with Crippen molar-refractivity contribution >= 4 is 6.21 Å². The van der Waals surface area contributed by atoms with Crippen LogP contribution in [0.25, 0.3) is 0 Å². The summed E-state index contributed by atoms with van der Waals surface area (Å²) in [5, 5.41) is 9.86. The number of nitrogens with one attached hydrogen (secondary N) is 1. The van der Waals surface area contributed by atoms with Crippen LogP contribution in [0.4, 0.5) is 0 Å². The van der Waals surface area contributed by atoms with Crippen LogP contribution in [-0.4, -0.2) is 44.7 Å². The van der Waals surface area contributed by atoms with E-state index in [0.717, 1.165) is 38.4 Å². The second kappa shape index (κ2) is 8.65. The first-order valence-electron chi connectivity index (χ1n) is 8.60. The molecule has 0 radical (unpaired) electrons. The fourth-order valence-electron chi connectivity index (χ4n) is 2.90. The third kappa shape index (κ3) is 5.05. The molecule has 1 saturated heterocycles. The maximum atomic E-state index is 9.86. The summed E-state index contributed by atoms with van der Waals surface area (Å²) in [6.07, 6.45) is 1.68. The summed E-state index contributed by atoms with van der Waals surface area (Å²) in [4.78, 5) is 6.01. The lowest BCUT2D eigenvalue weighted by Crippen LogP contribution is -3.12. The number of hydrogen-bond donors (Lipinski definition) is 2. The molecule has 25 heavy (non-hydrogen) atoms. The molecule has 0 aromatic heterocycles. The largest absolute Gasteiger partial charge is 0.507 e. The zero-order valence-corrected chi connectivity index (χ0v) is 14.6. The Hall–Kier alpha value is -2.37. The monoisotopic (exact) mass is 341 g/mol. The van der Waals surface area contributed by atoms with Crippen molar-refractivity contribution in [3.05, 3.63) is 59.2 Å². The van der Waals surface area contributed by atoms with Gasteiger partial charge in [0.2, 0.25) is 0 Å². The zero-order chi connectivity index (χ0) is 17.5. The summed E-state index contributed by atoms with van der Waals surface area (Å²) in [6, 6.07) is 13.7. The molecule has 2 aromatic rings. The number of methoxy groups -OCH3 is 1. The summed E-state index contributed by atoms with van der Waals surface area (Å²) >= 11 is 0. The Morgan fingerprint density at radius 3 is 2.56 bits per heavy atom. The molecule has 1 aliphatic rings. The molecule has 0 aliphatic carbocycles. The van der Waals surface area contributed by atoms with Crippen molar-refractivity contribution in [1.82, 2.24) is 0 Å². The van der Waals surface area contributed by atoms with Gasteiger partial charge in [0.1, 0.15) is 31.1 Å². The zero-order valence-electron chi connectivity index (χ0n) is 14.6. The first-order chi connectivity index (χ1) is 12.2. The minimum absolute atomic E-state index is 0.202. The lowest BCUT2D eigenvalue weighted by Gasteiger charge is -2.23. The maximum absolute atomic E-state index is 9.86. The standard InChI is InChI=1S/C20H24N2O3/c1-24-19-6-7-20(23)18(12-19)14-21-13-16-2-4-17(5-3-16)15-22-8-10-25-11-9-22/h2-7,12,14,23H,8-11,13,15H2,1H3/p+1. The Labute approximate surface area is 148 Å². The number of ether oxygens (including phenoxy) is 2. The minimum Gasteiger partial charge on any atom is -0.507 e. The molecule has 5 nitrogen and oxygen atoms in total. The van der Waals surface area contributed by atoms with Crippen molar-refractivity contribution in [3.63, 3.8) is 0 Å². The average molecular weight is 341 g/mol. The quantitative estimate of drug-likeness (QED) is 0.782. The molecule has 0 saturated carbocycles. The second-order valence-electron chi connectivity index (χ2n) is 6.25. The van der Waals surface area contributed by atoms with Gasteiger partial charge >= 0.3 is 0 Å². The van der Waals surface area contributed by atoms with Crippen LogP contribution in [0.15, 0.2) is 47.5 Å². The maximum Gasteiger partial charge on any atom is 0.124 e. The average Bonchev–Trinajstić information content (AvgIpc) is 2.65. The number of benzene rings is 2. The number of phenolic OH excluding ortho intramolecular Hbond substituents is 1. The SMILES string of the molecule is COc1ccc(O)c(C=NCc2ccc(C[NH+]3CCOCC3)cc2)c1. The highest BCUT2D eigenvalue weighted by atomic mass is 16.5. The normalized spacial score (nSPS) is 15.6. The van der Waals surface area contributed by atoms with Gasteiger partial charge in [-0.15, -0.1) is 0 Å². The molecule has 5 heteroatoms. The highest BCUT2D eigenvalue weighted by Crippen LogP contribution is 2.21. The number of aliphatic imine (C=N–C) groups is 1. The van der Waals surface area contributed by atoms with Crippen LogP contribution >= 0.6 is 0 Å². The van der Waals surface area contributed by atoms with Crippen LogP contribution in [0.2, 0.25) is 0 Å². The first-order valence-corrected chi connectivity index (χ1v) is 8.60. The molecule has 1 heterocycles. The highest BCUT2D eigenvalue weighted by molar-refractivity contribution is 5.84. The molecule has 0 spiro atoms. The first kappa shape index (κ1) is 17.5. The van der Waals surface area contributed by atoms with Gasteiger partial charge in [0, 0.05) is 17.3 Å². The van der Waals surface area contributed by atoms with Crippen molar-refractivity contribution in [3.8, 4) is 11.5 Å². The van der Waals surface area contributed by atoms with E-state index in [2.05, 4.69) is 29.3 Å². The van der Waals surface area contributed by atoms with E-state index in [1.165, 1.54) is 5.56 Å². The van der Waals surface area contributed by atoms with Crippen LogP contribution in [-0.2, 0) is 17.8 Å². The Morgan fingerprint density at radius 1 is 1.12 bits per heavy atom. The summed E-state index contributed by atoms with van der Waals surface area (Å²) in [7, 11) is 1.60. The topological polar surface area (TPSA) is 55.5 Å². The van der Waals surface area contributed by atoms with Crippen LogP contribution < -0.4 is 9.64 Å². The van der Waals surface area contributed by atoms with Gasteiger partial charge in [-0.25, -0.2) is 0 Å². The van der Waals surface area contributed by atoms with E-state index in [1.807, 2.05) is 0 Å². The van der Waals surface area contributed by atoms with Crippen molar-refractivity contribution in [2.45, 2.75) is 13.1 Å². The molecule has 2 aromatic carbocycles. The van der Waals surface area contributed by atoms with E-state index < -0.39 is 0 Å². The molecule has 1 aliphatic heterocycles. The van der Waals surface area contributed by atoms with Gasteiger partial charge in [0.15, 0.2) is 0 Å². The lowest BCUT2D eigenvalue weighted by molar-refractivity contribution is -0.921. The summed E-state index contributed by atoms with van der Waals surface area (Å²) in [6.45, 7) is 5.51. The van der Waals surface area contributed by atoms with Crippen LogP contribution in [0, 0.1) is 0 Å². The van der Waals surface area contributed by atoms with Crippen molar-refractivity contribution in [1.29, 1.82) is 0 Å². The van der Waals surface area contributed by atoms with Gasteiger partial charge in [0.05, 0.1) is 26.9 Å². The molecular weight excluding hydrogens is 316 g/mol. The van der Waals surface area contributed by atoms with Crippen molar-refractivity contribution < 1.29 is 19.5 Å². The third-order valence-corrected chi connectivity index (χ3v) is 4.42. The van der Waals surface area contributed by atoms with Crippen LogP contribution in [0.5, 0.6) is 11.5 Å². The molecular formula is C20H25N2O3+. The van der Waals surface area contributed by atoms with E-state index in [4.69, 9.17) is 9.47 Å². The number of morpholine rings is 1. The highest BCUT2D eigenvalue weighted by Gasteiger charge is 2.13. The third-order valence-electron chi connectivity index (χ3n) is 4.42. The molecule has 3 rings (SSSR count). The molecule has 0 atom stereocenters. The van der Waals surface area contributed by atoms with Gasteiger partial charge in [-0.3, -0.25) is 4.99 Å². The van der Waals surface area contributed by atoms with E-state index in [1.54, 1.807) is 36.4 Å². The predicted octanol–water partition coefficient (Wildman–Crippen LogP) is 1.43. The molecule has 0 amide bonds. The molecule has 2 N–H and O–H groups in total. The Bertz CT molecular complexity index is 707. The van der Waals surface area contributed by atoms with E-state index in [0.29, 0.717) is 17.9 Å². The van der Waals surface area contributed by atoms with Crippen LogP contribution in [0.1, 0.15) is 16.7 Å². The Morgan fingerprint density at radius 2 is 1.84 bits per heavy atom. The van der Waals surface area contributed by atoms with Gasteiger partial charge in [-0.1, -0.05) is 24.3 Å². The summed E-state index contributed by atoms with van der Waals surface area (Å²) in [5.74, 6) is 0.905. The van der Waals surface area contributed by atoms with Crippen molar-refractivity contribution in [2.24, 2.45) is 4.99 Å². The Balaban J connectivity index is 1.56. The van der Waals surface area contributed by atoms with Gasteiger partial charge in [-0.05, 0) is 23.8 Å². The van der Waals surface area contributed by atoms with Gasteiger partial charge in [-0.2, -0.15) is 0 Å². The Kier molecular flexibility index (Phi) is 6.04. The van der Waals surface area contributed by atoms with Crippen LogP contribution in [0.3, 0.4) is 0 Å². The van der Waals surface area contributed by atoms with E-state index >= 15 is 0 Å². The molecule has 1 fully saturated rings. The van der Waals surface area contributed by atoms with E-state index in [-0.39, 0.29) is 5.75 Å². The number of hydrogen-bond acceptors (Lipinski definition) is 4. The molecule has 0 unspecified atom stereocenters. The van der Waals surface area contributed by atoms with Gasteiger partial charge in [0.25, 0.3) is 0 Å². The number of rotatable bonds is 6. The fourth-order valence-corrected chi connectivity index (χ4v) is 2.90. The summed E-state index contributed by atoms with van der Waals surface area (Å²) < 4.78 is 10.6. The number of nitrogens with zero attached hydrogens (tertiary/aromatic N) is 1. The van der Waals surface area contributed by atoms with E-state index in [9.17, 15) is 5.11 Å². The molecule has 0 bridgehead atoms. The fraction of sp³-hybridized carbons (Fsp3) is 0.350. The van der Waals surface area contributed by atoms with Gasteiger partial charge < -0.3 is 19.5 Å².